The fraction of sp³-hybridized carbons (Fsp3) is 0.438. The van der Waals surface area contributed by atoms with Crippen LogP contribution in [0.5, 0.6) is 0 Å². The minimum absolute atomic E-state index is 0.238. The molecule has 2 aromatic rings. The first-order valence-electron chi connectivity index (χ1n) is 6.87. The summed E-state index contributed by atoms with van der Waals surface area (Å²) in [5, 5.41) is 8.56. The molecule has 0 bridgehead atoms. The number of rotatable bonds is 4. The van der Waals surface area contributed by atoms with Gasteiger partial charge in [0.1, 0.15) is 0 Å². The molecule has 20 heavy (non-hydrogen) atoms. The van der Waals surface area contributed by atoms with Crippen molar-refractivity contribution >= 4 is 11.6 Å². The molecule has 0 aliphatic carbocycles. The second-order valence-corrected chi connectivity index (χ2v) is 5.68. The lowest BCUT2D eigenvalue weighted by atomic mass is 9.94. The van der Waals surface area contributed by atoms with E-state index in [1.54, 1.807) is 0 Å². The maximum atomic E-state index is 6.36. The third-order valence-corrected chi connectivity index (χ3v) is 4.52. The summed E-state index contributed by atoms with van der Waals surface area (Å²) in [4.78, 5) is 0. The van der Waals surface area contributed by atoms with Gasteiger partial charge in [-0.25, -0.2) is 0 Å². The van der Waals surface area contributed by atoms with Gasteiger partial charge < -0.3 is 5.32 Å². The van der Waals surface area contributed by atoms with Crippen molar-refractivity contribution in [1.29, 1.82) is 0 Å². The zero-order valence-corrected chi connectivity index (χ0v) is 13.5. The first kappa shape index (κ1) is 15.1. The van der Waals surface area contributed by atoms with Gasteiger partial charge in [-0.15, -0.1) is 0 Å². The van der Waals surface area contributed by atoms with Crippen LogP contribution in [0.2, 0.25) is 5.02 Å². The number of aryl methyl sites for hydroxylation is 3. The molecule has 0 radical (unpaired) electrons. The highest BCUT2D eigenvalue weighted by Crippen LogP contribution is 2.27. The maximum Gasteiger partial charge on any atom is 0.0847 e. The van der Waals surface area contributed by atoms with Gasteiger partial charge in [-0.3, -0.25) is 4.68 Å². The van der Waals surface area contributed by atoms with Crippen LogP contribution in [0.4, 0.5) is 0 Å². The van der Waals surface area contributed by atoms with Crippen LogP contribution in [-0.4, -0.2) is 16.8 Å². The van der Waals surface area contributed by atoms with Gasteiger partial charge in [-0.05, 0) is 44.5 Å². The third kappa shape index (κ3) is 2.74. The molecule has 3 nitrogen and oxygen atoms in total. The zero-order valence-electron chi connectivity index (χ0n) is 12.8. The smallest absolute Gasteiger partial charge is 0.0847 e. The second kappa shape index (κ2) is 5.98. The van der Waals surface area contributed by atoms with Crippen molar-refractivity contribution in [3.8, 4) is 0 Å². The van der Waals surface area contributed by atoms with Gasteiger partial charge in [0.05, 0.1) is 16.4 Å². The van der Waals surface area contributed by atoms with Crippen LogP contribution in [0.1, 0.15) is 34.1 Å². The van der Waals surface area contributed by atoms with E-state index >= 15 is 0 Å². The van der Waals surface area contributed by atoms with Crippen molar-refractivity contribution in [2.45, 2.75) is 33.2 Å². The van der Waals surface area contributed by atoms with Crippen molar-refractivity contribution in [1.82, 2.24) is 15.1 Å². The quantitative estimate of drug-likeness (QED) is 0.934. The maximum absolute atomic E-state index is 6.36. The lowest BCUT2D eigenvalue weighted by molar-refractivity contribution is 0.558. The number of likely N-dealkylation sites (N-methyl/N-ethyl adjacent to an activating group) is 1. The molecule has 0 saturated carbocycles. The first-order chi connectivity index (χ1) is 9.45. The van der Waals surface area contributed by atoms with Crippen LogP contribution >= 0.6 is 11.6 Å². The summed E-state index contributed by atoms with van der Waals surface area (Å²) in [5.41, 5.74) is 5.93. The normalized spacial score (nSPS) is 12.7. The van der Waals surface area contributed by atoms with Gasteiger partial charge in [0, 0.05) is 19.5 Å². The van der Waals surface area contributed by atoms with E-state index in [4.69, 9.17) is 11.6 Å². The predicted molar refractivity (Wildman–Crippen MR) is 84.4 cm³/mol. The predicted octanol–water partition coefficient (Wildman–Crippen LogP) is 3.50. The highest BCUT2D eigenvalue weighted by Gasteiger charge is 2.19. The zero-order chi connectivity index (χ0) is 14.9. The van der Waals surface area contributed by atoms with E-state index in [1.807, 2.05) is 25.7 Å². The number of nitrogens with zero attached hydrogens (tertiary/aromatic N) is 2. The molecular formula is C16H22ClN3. The molecule has 1 aromatic heterocycles. The van der Waals surface area contributed by atoms with E-state index in [0.717, 1.165) is 22.8 Å². The van der Waals surface area contributed by atoms with E-state index in [0.29, 0.717) is 0 Å². The highest BCUT2D eigenvalue weighted by atomic mass is 35.5. The Bertz CT molecular complexity index is 616. The van der Waals surface area contributed by atoms with E-state index < -0.39 is 0 Å². The van der Waals surface area contributed by atoms with Crippen LogP contribution in [-0.2, 0) is 13.5 Å². The molecule has 1 unspecified atom stereocenters. The number of aromatic nitrogens is 2. The third-order valence-electron chi connectivity index (χ3n) is 4.03. The number of halogens is 1. The van der Waals surface area contributed by atoms with Gasteiger partial charge in [-0.1, -0.05) is 29.8 Å². The summed E-state index contributed by atoms with van der Waals surface area (Å²) >= 11 is 6.36. The van der Waals surface area contributed by atoms with Gasteiger partial charge >= 0.3 is 0 Å². The minimum Gasteiger partial charge on any atom is -0.313 e. The van der Waals surface area contributed by atoms with Gasteiger partial charge in [0.15, 0.2) is 0 Å². The fourth-order valence-electron chi connectivity index (χ4n) is 2.61. The Morgan fingerprint density at radius 1 is 1.30 bits per heavy atom. The van der Waals surface area contributed by atoms with Crippen molar-refractivity contribution in [2.24, 2.45) is 7.05 Å². The lowest BCUT2D eigenvalue weighted by Gasteiger charge is -2.20. The Labute approximate surface area is 126 Å². The average molecular weight is 292 g/mol. The second-order valence-electron chi connectivity index (χ2n) is 5.30. The standard InChI is InChI=1S/C16H22ClN3/c1-10-7-6-8-13(11(10)2)14(18-4)9-15-16(17)12(3)19-20(15)5/h6-8,14,18H,9H2,1-5H3. The largest absolute Gasteiger partial charge is 0.313 e. The number of benzene rings is 1. The molecule has 0 amide bonds. The molecular weight excluding hydrogens is 270 g/mol. The van der Waals surface area contributed by atoms with Crippen LogP contribution in [0.15, 0.2) is 18.2 Å². The lowest BCUT2D eigenvalue weighted by Crippen LogP contribution is -2.21. The molecule has 4 heteroatoms. The summed E-state index contributed by atoms with van der Waals surface area (Å²) < 4.78 is 1.88. The van der Waals surface area contributed by atoms with Crippen molar-refractivity contribution in [3.05, 3.63) is 51.3 Å². The Kier molecular flexibility index (Phi) is 4.51. The SMILES string of the molecule is CNC(Cc1c(Cl)c(C)nn1C)c1cccc(C)c1C. The van der Waals surface area contributed by atoms with E-state index in [9.17, 15) is 0 Å². The Morgan fingerprint density at radius 3 is 2.55 bits per heavy atom. The fourth-order valence-corrected chi connectivity index (χ4v) is 2.85. The summed E-state index contributed by atoms with van der Waals surface area (Å²) in [7, 11) is 3.94. The molecule has 0 aliphatic rings. The molecule has 1 heterocycles. The topological polar surface area (TPSA) is 29.9 Å². The number of hydrogen-bond acceptors (Lipinski definition) is 2. The van der Waals surface area contributed by atoms with Crippen molar-refractivity contribution in [2.75, 3.05) is 7.05 Å². The highest BCUT2D eigenvalue weighted by molar-refractivity contribution is 6.31. The number of nitrogens with one attached hydrogen (secondary N) is 1. The molecule has 2 rings (SSSR count). The summed E-state index contributed by atoms with van der Waals surface area (Å²) in [5.74, 6) is 0. The molecule has 0 saturated heterocycles. The van der Waals surface area contributed by atoms with E-state index in [2.05, 4.69) is 42.5 Å². The van der Waals surface area contributed by atoms with Gasteiger partial charge in [0.25, 0.3) is 0 Å². The molecule has 0 aliphatic heterocycles. The van der Waals surface area contributed by atoms with E-state index in [-0.39, 0.29) is 6.04 Å². The van der Waals surface area contributed by atoms with Gasteiger partial charge in [0.2, 0.25) is 0 Å². The molecule has 1 atom stereocenters. The van der Waals surface area contributed by atoms with Crippen LogP contribution in [0.3, 0.4) is 0 Å². The first-order valence-corrected chi connectivity index (χ1v) is 7.24. The Balaban J connectivity index is 2.36. The molecule has 0 fully saturated rings. The van der Waals surface area contributed by atoms with Crippen LogP contribution in [0.25, 0.3) is 0 Å². The molecule has 1 aromatic carbocycles. The molecule has 0 spiro atoms. The summed E-state index contributed by atoms with van der Waals surface area (Å²) in [6.07, 6.45) is 0.830. The van der Waals surface area contributed by atoms with Crippen molar-refractivity contribution in [3.63, 3.8) is 0 Å². The van der Waals surface area contributed by atoms with Crippen LogP contribution in [0, 0.1) is 20.8 Å². The monoisotopic (exact) mass is 291 g/mol. The van der Waals surface area contributed by atoms with Gasteiger partial charge in [-0.2, -0.15) is 5.10 Å². The van der Waals surface area contributed by atoms with Crippen molar-refractivity contribution < 1.29 is 0 Å². The molecule has 108 valence electrons. The van der Waals surface area contributed by atoms with E-state index in [1.165, 1.54) is 16.7 Å². The summed E-state index contributed by atoms with van der Waals surface area (Å²) in [6, 6.07) is 6.67. The molecule has 1 N–H and O–H groups in total. The minimum atomic E-state index is 0.238. The number of hydrogen-bond donors (Lipinski definition) is 1. The summed E-state index contributed by atoms with van der Waals surface area (Å²) in [6.45, 7) is 6.26. The van der Waals surface area contributed by atoms with Crippen LogP contribution < -0.4 is 5.32 Å². The Morgan fingerprint density at radius 2 is 2.00 bits per heavy atom. The Hall–Kier alpha value is -1.32. The average Bonchev–Trinajstić information content (AvgIpc) is 2.65.